The third-order valence-corrected chi connectivity index (χ3v) is 15.4. The minimum Gasteiger partial charge on any atom is -0.478 e. The minimum atomic E-state index is -0.860. The Kier molecular flexibility index (Phi) is 7.73. The van der Waals surface area contributed by atoms with Crippen molar-refractivity contribution in [2.24, 2.45) is 45.8 Å². The number of benzene rings is 1. The SMILES string of the molecule is CC1C(c2ccc(C(=O)O)cc2)=CCC2(C)C1CCC1(C)C2CCC2C3CCCC3(NC(=O)N3CCCN(C)CC3)CC[C@]21C. The first-order valence-corrected chi connectivity index (χ1v) is 18.2. The number of hydrogen-bond donors (Lipinski definition) is 2. The van der Waals surface area contributed by atoms with E-state index in [1.54, 1.807) is 12.1 Å². The summed E-state index contributed by atoms with van der Waals surface area (Å²) in [6.07, 6.45) is 15.9. The van der Waals surface area contributed by atoms with Crippen LogP contribution in [0.5, 0.6) is 0 Å². The van der Waals surface area contributed by atoms with Crippen molar-refractivity contribution in [1.82, 2.24) is 15.1 Å². The van der Waals surface area contributed by atoms with Crippen molar-refractivity contribution in [3.8, 4) is 0 Å². The van der Waals surface area contributed by atoms with Crippen LogP contribution in [0.3, 0.4) is 0 Å². The van der Waals surface area contributed by atoms with Crippen LogP contribution in [-0.2, 0) is 0 Å². The highest BCUT2D eigenvalue weighted by molar-refractivity contribution is 5.88. The fourth-order valence-corrected chi connectivity index (χ4v) is 12.8. The van der Waals surface area contributed by atoms with E-state index < -0.39 is 5.97 Å². The van der Waals surface area contributed by atoms with Gasteiger partial charge in [0.05, 0.1) is 5.56 Å². The molecule has 9 atom stereocenters. The topological polar surface area (TPSA) is 72.9 Å². The molecule has 45 heavy (non-hydrogen) atoms. The highest BCUT2D eigenvalue weighted by Gasteiger charge is 2.68. The minimum absolute atomic E-state index is 0.0169. The van der Waals surface area contributed by atoms with Crippen LogP contribution >= 0.6 is 0 Å². The highest BCUT2D eigenvalue weighted by atomic mass is 16.4. The van der Waals surface area contributed by atoms with E-state index >= 15 is 0 Å². The van der Waals surface area contributed by atoms with Gasteiger partial charge in [-0.1, -0.05) is 52.3 Å². The van der Waals surface area contributed by atoms with Crippen LogP contribution in [0.25, 0.3) is 5.57 Å². The van der Waals surface area contributed by atoms with Crippen molar-refractivity contribution >= 4 is 17.6 Å². The molecule has 6 nitrogen and oxygen atoms in total. The average Bonchev–Trinajstić information content (AvgIpc) is 3.30. The number of carboxylic acid groups (broad SMARTS) is 1. The first-order valence-electron chi connectivity index (χ1n) is 18.2. The van der Waals surface area contributed by atoms with Gasteiger partial charge in [-0.25, -0.2) is 9.59 Å². The lowest BCUT2D eigenvalue weighted by Gasteiger charge is -2.71. The van der Waals surface area contributed by atoms with Crippen molar-refractivity contribution in [3.05, 3.63) is 41.5 Å². The number of urea groups is 1. The molecule has 8 unspecified atom stereocenters. The summed E-state index contributed by atoms with van der Waals surface area (Å²) in [5, 5.41) is 13.2. The first-order chi connectivity index (χ1) is 21.4. The standard InChI is InChI=1S/C39H57N3O3/c1-26-29(27-9-11-28(12-10-27)34(43)44)15-18-36(2)30(26)16-19-38(4)33(36)14-13-31-32-8-6-17-39(32,21-20-37(31,38)3)40-35(45)42-23-7-22-41(5)24-25-42/h9-12,15,26,30-33H,6-8,13-14,16-25H2,1-5H3,(H,40,45)(H,43,44)/t26?,30?,31?,32?,33?,36?,37-,38?,39?/m1/s1. The summed E-state index contributed by atoms with van der Waals surface area (Å²) in [5.41, 5.74) is 3.84. The van der Waals surface area contributed by atoms with E-state index in [0.29, 0.717) is 46.0 Å². The summed E-state index contributed by atoms with van der Waals surface area (Å²) >= 11 is 0. The lowest BCUT2D eigenvalue weighted by molar-refractivity contribution is -0.210. The van der Waals surface area contributed by atoms with E-state index in [-0.39, 0.29) is 17.0 Å². The molecule has 2 amide bonds. The van der Waals surface area contributed by atoms with Crippen molar-refractivity contribution < 1.29 is 14.7 Å². The quantitative estimate of drug-likeness (QED) is 0.362. The molecule has 1 heterocycles. The monoisotopic (exact) mass is 615 g/mol. The van der Waals surface area contributed by atoms with E-state index in [9.17, 15) is 14.7 Å². The number of carboxylic acids is 1. The number of fused-ring (bicyclic) bond motifs is 7. The molecule has 5 fully saturated rings. The molecule has 1 aromatic carbocycles. The van der Waals surface area contributed by atoms with Gasteiger partial charge >= 0.3 is 12.0 Å². The maximum atomic E-state index is 13.8. The van der Waals surface area contributed by atoms with Crippen LogP contribution in [0.15, 0.2) is 30.3 Å². The van der Waals surface area contributed by atoms with E-state index in [0.717, 1.165) is 51.9 Å². The predicted molar refractivity (Wildman–Crippen MR) is 180 cm³/mol. The van der Waals surface area contributed by atoms with Gasteiger partial charge < -0.3 is 20.2 Å². The summed E-state index contributed by atoms with van der Waals surface area (Å²) in [6.45, 7) is 14.2. The normalized spacial score (nSPS) is 43.2. The number of rotatable bonds is 3. The number of allylic oxidation sites excluding steroid dienone is 2. The number of likely N-dealkylation sites (N-methyl/N-ethyl adjacent to an activating group) is 1. The third kappa shape index (κ3) is 4.73. The summed E-state index contributed by atoms with van der Waals surface area (Å²) < 4.78 is 0. The van der Waals surface area contributed by atoms with Crippen molar-refractivity contribution in [1.29, 1.82) is 0 Å². The summed E-state index contributed by atoms with van der Waals surface area (Å²) in [4.78, 5) is 29.7. The van der Waals surface area contributed by atoms with Gasteiger partial charge in [0, 0.05) is 25.2 Å². The third-order valence-electron chi connectivity index (χ3n) is 15.4. The lowest BCUT2D eigenvalue weighted by Crippen LogP contribution is -2.67. The van der Waals surface area contributed by atoms with Crippen LogP contribution < -0.4 is 5.32 Å². The zero-order valence-electron chi connectivity index (χ0n) is 28.5. The summed E-state index contributed by atoms with van der Waals surface area (Å²) in [5.74, 6) is 2.25. The molecule has 0 spiro atoms. The van der Waals surface area contributed by atoms with E-state index in [4.69, 9.17) is 0 Å². The van der Waals surface area contributed by atoms with Gasteiger partial charge in [0.1, 0.15) is 0 Å². The van der Waals surface area contributed by atoms with E-state index in [1.807, 2.05) is 12.1 Å². The number of amides is 2. The Balaban J connectivity index is 1.12. The fraction of sp³-hybridized carbons (Fsp3) is 0.744. The van der Waals surface area contributed by atoms with E-state index in [1.165, 1.54) is 56.1 Å². The lowest BCUT2D eigenvalue weighted by atomic mass is 9.34. The van der Waals surface area contributed by atoms with Gasteiger partial charge in [-0.05, 0) is 147 Å². The molecule has 7 rings (SSSR count). The molecular formula is C39H57N3O3. The fourth-order valence-electron chi connectivity index (χ4n) is 12.8. The average molecular weight is 616 g/mol. The molecule has 6 heteroatoms. The number of nitrogens with zero attached hydrogens (tertiary/aromatic N) is 2. The Hall–Kier alpha value is -2.34. The van der Waals surface area contributed by atoms with Crippen molar-refractivity contribution in [2.45, 2.75) is 104 Å². The first kappa shape index (κ1) is 31.3. The molecule has 0 aromatic heterocycles. The molecule has 2 N–H and O–H groups in total. The number of aromatic carboxylic acids is 1. The van der Waals surface area contributed by atoms with E-state index in [2.05, 4.69) is 55.9 Å². The predicted octanol–water partition coefficient (Wildman–Crippen LogP) is 7.94. The Morgan fingerprint density at radius 1 is 0.822 bits per heavy atom. The Morgan fingerprint density at radius 2 is 1.60 bits per heavy atom. The second-order valence-corrected chi connectivity index (χ2v) is 17.0. The van der Waals surface area contributed by atoms with Gasteiger partial charge in [0.25, 0.3) is 0 Å². The highest BCUT2D eigenvalue weighted by Crippen LogP contribution is 2.75. The molecular weight excluding hydrogens is 558 g/mol. The molecule has 1 aromatic rings. The van der Waals surface area contributed by atoms with Crippen LogP contribution in [0.2, 0.25) is 0 Å². The zero-order valence-corrected chi connectivity index (χ0v) is 28.5. The number of carbonyl (C=O) groups is 2. The summed E-state index contributed by atoms with van der Waals surface area (Å²) in [7, 11) is 2.17. The largest absolute Gasteiger partial charge is 0.478 e. The molecule has 246 valence electrons. The van der Waals surface area contributed by atoms with Crippen LogP contribution in [0, 0.1) is 45.8 Å². The van der Waals surface area contributed by atoms with Crippen LogP contribution in [0.1, 0.15) is 114 Å². The Labute approximate surface area is 271 Å². The molecule has 0 radical (unpaired) electrons. The zero-order chi connectivity index (χ0) is 31.8. The van der Waals surface area contributed by atoms with Crippen molar-refractivity contribution in [3.63, 3.8) is 0 Å². The molecule has 4 saturated carbocycles. The Bertz CT molecular complexity index is 1360. The molecule has 1 aliphatic heterocycles. The molecule has 6 aliphatic rings. The molecule has 0 bridgehead atoms. The Morgan fingerprint density at radius 3 is 2.36 bits per heavy atom. The maximum Gasteiger partial charge on any atom is 0.335 e. The number of nitrogens with one attached hydrogen (secondary N) is 1. The van der Waals surface area contributed by atoms with Gasteiger partial charge in [-0.2, -0.15) is 0 Å². The second kappa shape index (κ2) is 11.1. The van der Waals surface area contributed by atoms with Gasteiger partial charge in [-0.3, -0.25) is 0 Å². The van der Waals surface area contributed by atoms with Gasteiger partial charge in [0.15, 0.2) is 0 Å². The second-order valence-electron chi connectivity index (χ2n) is 17.0. The van der Waals surface area contributed by atoms with Crippen molar-refractivity contribution in [2.75, 3.05) is 33.2 Å². The molecule has 5 aliphatic carbocycles. The molecule has 1 saturated heterocycles. The van der Waals surface area contributed by atoms with Crippen LogP contribution in [0.4, 0.5) is 4.79 Å². The number of carbonyl (C=O) groups excluding carboxylic acids is 1. The summed E-state index contributed by atoms with van der Waals surface area (Å²) in [6, 6.07) is 7.77. The van der Waals surface area contributed by atoms with Gasteiger partial charge in [-0.15, -0.1) is 0 Å². The maximum absolute atomic E-state index is 13.8. The van der Waals surface area contributed by atoms with Crippen LogP contribution in [-0.4, -0.2) is 65.7 Å². The smallest absolute Gasteiger partial charge is 0.335 e. The number of hydrogen-bond acceptors (Lipinski definition) is 3. The van der Waals surface area contributed by atoms with Gasteiger partial charge in [0.2, 0.25) is 0 Å².